The lowest BCUT2D eigenvalue weighted by Gasteiger charge is -2.15. The van der Waals surface area contributed by atoms with Crippen molar-refractivity contribution in [3.63, 3.8) is 0 Å². The second-order valence-corrected chi connectivity index (χ2v) is 9.34. The Kier molecular flexibility index (Phi) is 4.82. The molecule has 10 heteroatoms. The first-order chi connectivity index (χ1) is 12.2. The third-order valence-corrected chi connectivity index (χ3v) is 6.98. The van der Waals surface area contributed by atoms with E-state index in [1.54, 1.807) is 6.07 Å². The molecule has 0 spiro atoms. The molecular weight excluding hydrogens is 383 g/mol. The van der Waals surface area contributed by atoms with E-state index in [4.69, 9.17) is 0 Å². The van der Waals surface area contributed by atoms with Crippen molar-refractivity contribution in [2.75, 3.05) is 10.1 Å². The molecule has 1 aliphatic heterocycles. The summed E-state index contributed by atoms with van der Waals surface area (Å²) >= 11 is 0. The molecule has 2 aromatic rings. The molecule has 0 bridgehead atoms. The number of halogens is 1. The lowest BCUT2D eigenvalue weighted by atomic mass is 10.2. The molecular formula is C16H15FN2O5S2. The van der Waals surface area contributed by atoms with Crippen LogP contribution in [0, 0.1) is 5.82 Å². The summed E-state index contributed by atoms with van der Waals surface area (Å²) in [5, 5.41) is 0. The average molecular weight is 398 g/mol. The molecule has 7 nitrogen and oxygen atoms in total. The van der Waals surface area contributed by atoms with Crippen molar-refractivity contribution in [2.24, 2.45) is 0 Å². The second kappa shape index (κ2) is 6.78. The molecule has 3 rings (SSSR count). The summed E-state index contributed by atoms with van der Waals surface area (Å²) in [5.41, 5.74) is 0.280. The van der Waals surface area contributed by atoms with Crippen LogP contribution in [0.15, 0.2) is 53.4 Å². The van der Waals surface area contributed by atoms with Gasteiger partial charge in [0, 0.05) is 18.5 Å². The Hall–Kier alpha value is -2.30. The lowest BCUT2D eigenvalue weighted by molar-refractivity contribution is -0.116. The van der Waals surface area contributed by atoms with Crippen molar-refractivity contribution >= 4 is 31.6 Å². The number of hydrogen-bond donors (Lipinski definition) is 1. The predicted octanol–water partition coefficient (Wildman–Crippen LogP) is 1.37. The molecule has 138 valence electrons. The fourth-order valence-electron chi connectivity index (χ4n) is 2.53. The van der Waals surface area contributed by atoms with E-state index in [-0.39, 0.29) is 34.9 Å². The van der Waals surface area contributed by atoms with Crippen LogP contribution in [0.25, 0.3) is 0 Å². The van der Waals surface area contributed by atoms with Gasteiger partial charge < -0.3 is 0 Å². The minimum atomic E-state index is -3.93. The normalized spacial score (nSPS) is 16.8. The number of carbonyl (C=O) groups is 1. The van der Waals surface area contributed by atoms with Crippen LogP contribution in [0.2, 0.25) is 0 Å². The van der Waals surface area contributed by atoms with Crippen LogP contribution < -0.4 is 9.03 Å². The molecule has 1 heterocycles. The number of carbonyl (C=O) groups excluding carboxylic acids is 1. The Morgan fingerprint density at radius 1 is 1.08 bits per heavy atom. The summed E-state index contributed by atoms with van der Waals surface area (Å²) in [6, 6.07) is 10.7. The van der Waals surface area contributed by atoms with Gasteiger partial charge in [-0.3, -0.25) is 4.79 Å². The van der Waals surface area contributed by atoms with Crippen molar-refractivity contribution in [3.05, 3.63) is 59.9 Å². The van der Waals surface area contributed by atoms with Crippen LogP contribution in [0.5, 0.6) is 0 Å². The Balaban J connectivity index is 1.79. The maximum atomic E-state index is 13.6. The molecule has 1 amide bonds. The van der Waals surface area contributed by atoms with E-state index in [0.717, 1.165) is 0 Å². The topological polar surface area (TPSA) is 101 Å². The molecule has 1 fully saturated rings. The van der Waals surface area contributed by atoms with Gasteiger partial charge in [-0.1, -0.05) is 18.2 Å². The molecule has 1 saturated heterocycles. The zero-order valence-corrected chi connectivity index (χ0v) is 15.1. The summed E-state index contributed by atoms with van der Waals surface area (Å²) in [4.78, 5) is 11.6. The standard InChI is InChI=1S/C16H15FN2O5S2/c17-15-4-2-1-3-12(15)11-18-26(23,24)14-7-5-13(6-8-14)19-16(20)9-10-25(19,21)22/h1-8,18H,9-11H2. The van der Waals surface area contributed by atoms with Crippen LogP contribution in [-0.2, 0) is 31.4 Å². The Bertz CT molecular complexity index is 1050. The number of rotatable bonds is 5. The van der Waals surface area contributed by atoms with E-state index in [1.807, 2.05) is 0 Å². The first-order valence-electron chi connectivity index (χ1n) is 7.60. The van der Waals surface area contributed by atoms with Crippen LogP contribution in [-0.4, -0.2) is 28.5 Å². The van der Waals surface area contributed by atoms with Gasteiger partial charge in [0.25, 0.3) is 0 Å². The van der Waals surface area contributed by atoms with Gasteiger partial charge in [0.1, 0.15) is 5.82 Å². The molecule has 1 aliphatic rings. The van der Waals surface area contributed by atoms with Gasteiger partial charge in [-0.15, -0.1) is 0 Å². The molecule has 0 saturated carbocycles. The number of sulfonamides is 2. The van der Waals surface area contributed by atoms with E-state index in [2.05, 4.69) is 4.72 Å². The zero-order chi connectivity index (χ0) is 18.9. The third kappa shape index (κ3) is 3.62. The fraction of sp³-hybridized carbons (Fsp3) is 0.188. The quantitative estimate of drug-likeness (QED) is 0.820. The van der Waals surface area contributed by atoms with E-state index in [9.17, 15) is 26.0 Å². The van der Waals surface area contributed by atoms with Crippen molar-refractivity contribution in [1.29, 1.82) is 0 Å². The van der Waals surface area contributed by atoms with Crippen molar-refractivity contribution < 1.29 is 26.0 Å². The molecule has 1 N–H and O–H groups in total. The summed E-state index contributed by atoms with van der Waals surface area (Å²) in [6.07, 6.45) is -0.105. The highest BCUT2D eigenvalue weighted by Crippen LogP contribution is 2.26. The van der Waals surface area contributed by atoms with Gasteiger partial charge >= 0.3 is 0 Å². The highest BCUT2D eigenvalue weighted by atomic mass is 32.2. The van der Waals surface area contributed by atoms with Gasteiger partial charge in [-0.05, 0) is 30.3 Å². The van der Waals surface area contributed by atoms with Gasteiger partial charge in [0.15, 0.2) is 0 Å². The number of benzene rings is 2. The minimum Gasteiger partial charge on any atom is -0.273 e. The lowest BCUT2D eigenvalue weighted by Crippen LogP contribution is -2.29. The Morgan fingerprint density at radius 3 is 2.31 bits per heavy atom. The van der Waals surface area contributed by atoms with Crippen molar-refractivity contribution in [1.82, 2.24) is 4.72 Å². The van der Waals surface area contributed by atoms with E-state index in [0.29, 0.717) is 4.31 Å². The Labute approximate surface area is 150 Å². The SMILES string of the molecule is O=C1CCS(=O)(=O)N1c1ccc(S(=O)(=O)NCc2ccccc2F)cc1. The minimum absolute atomic E-state index is 0.0838. The summed E-state index contributed by atoms with van der Waals surface area (Å²) in [7, 11) is -7.64. The molecule has 0 aliphatic carbocycles. The second-order valence-electron chi connectivity index (χ2n) is 5.63. The van der Waals surface area contributed by atoms with Crippen LogP contribution in [0.1, 0.15) is 12.0 Å². The van der Waals surface area contributed by atoms with E-state index >= 15 is 0 Å². The summed E-state index contributed by atoms with van der Waals surface area (Å²) in [5.74, 6) is -1.35. The molecule has 26 heavy (non-hydrogen) atoms. The summed E-state index contributed by atoms with van der Waals surface area (Å²) in [6.45, 7) is -0.226. The highest BCUT2D eigenvalue weighted by Gasteiger charge is 2.36. The number of hydrogen-bond acceptors (Lipinski definition) is 5. The Morgan fingerprint density at radius 2 is 1.73 bits per heavy atom. The number of anilines is 1. The predicted molar refractivity (Wildman–Crippen MR) is 92.8 cm³/mol. The van der Waals surface area contributed by atoms with E-state index in [1.165, 1.54) is 42.5 Å². The van der Waals surface area contributed by atoms with Crippen molar-refractivity contribution in [3.8, 4) is 0 Å². The molecule has 0 unspecified atom stereocenters. The maximum absolute atomic E-state index is 13.6. The monoisotopic (exact) mass is 398 g/mol. The first-order valence-corrected chi connectivity index (χ1v) is 10.7. The van der Waals surface area contributed by atoms with Crippen LogP contribution >= 0.6 is 0 Å². The highest BCUT2D eigenvalue weighted by molar-refractivity contribution is 7.94. The van der Waals surface area contributed by atoms with Crippen LogP contribution in [0.4, 0.5) is 10.1 Å². The number of nitrogens with zero attached hydrogens (tertiary/aromatic N) is 1. The first kappa shape index (κ1) is 18.5. The molecule has 0 aromatic heterocycles. The zero-order valence-electron chi connectivity index (χ0n) is 13.4. The average Bonchev–Trinajstić information content (AvgIpc) is 2.87. The van der Waals surface area contributed by atoms with Gasteiger partial charge in [-0.2, -0.15) is 0 Å². The number of nitrogens with one attached hydrogen (secondary N) is 1. The van der Waals surface area contributed by atoms with Gasteiger partial charge in [-0.25, -0.2) is 30.3 Å². The summed E-state index contributed by atoms with van der Waals surface area (Å²) < 4.78 is 64.9. The van der Waals surface area contributed by atoms with Gasteiger partial charge in [0.2, 0.25) is 26.0 Å². The smallest absolute Gasteiger partial charge is 0.242 e. The number of amides is 1. The molecule has 0 radical (unpaired) electrons. The van der Waals surface area contributed by atoms with Gasteiger partial charge in [0.05, 0.1) is 16.3 Å². The third-order valence-electron chi connectivity index (χ3n) is 3.87. The van der Waals surface area contributed by atoms with Crippen LogP contribution in [0.3, 0.4) is 0 Å². The fourth-order valence-corrected chi connectivity index (χ4v) is 4.99. The van der Waals surface area contributed by atoms with E-state index < -0.39 is 31.8 Å². The molecule has 2 aromatic carbocycles. The maximum Gasteiger partial charge on any atom is 0.242 e. The largest absolute Gasteiger partial charge is 0.273 e. The molecule has 0 atom stereocenters. The van der Waals surface area contributed by atoms with Crippen molar-refractivity contribution in [2.45, 2.75) is 17.9 Å².